The van der Waals surface area contributed by atoms with Crippen LogP contribution in [0.15, 0.2) is 12.4 Å². The molecule has 0 spiro atoms. The number of carbonyl (C=O) groups is 2. The molecule has 2 amide bonds. The highest BCUT2D eigenvalue weighted by molar-refractivity contribution is 5.87. The number of carbonyl (C=O) groups excluding carboxylic acids is 2. The lowest BCUT2D eigenvalue weighted by Gasteiger charge is -2.37. The van der Waals surface area contributed by atoms with Crippen LogP contribution in [0.25, 0.3) is 0 Å². The van der Waals surface area contributed by atoms with Gasteiger partial charge in [-0.15, -0.1) is 0 Å². The minimum absolute atomic E-state index is 0.0225. The monoisotopic (exact) mass is 392 g/mol. The van der Waals surface area contributed by atoms with Gasteiger partial charge in [0.25, 0.3) is 5.91 Å². The molecule has 0 aliphatic carbocycles. The normalized spacial score (nSPS) is 23.9. The van der Waals surface area contributed by atoms with Crippen molar-refractivity contribution in [1.29, 1.82) is 0 Å². The van der Waals surface area contributed by atoms with E-state index < -0.39 is 17.3 Å². The van der Waals surface area contributed by atoms with Gasteiger partial charge in [0.2, 0.25) is 0 Å². The average molecular weight is 393 g/mol. The molecule has 2 aliphatic rings. The zero-order valence-electron chi connectivity index (χ0n) is 17.6. The summed E-state index contributed by atoms with van der Waals surface area (Å²) in [6, 6.07) is 0. The van der Waals surface area contributed by atoms with Crippen LogP contribution < -0.4 is 0 Å². The molecule has 1 aromatic rings. The number of aryl methyl sites for hydroxylation is 1. The second-order valence-corrected chi connectivity index (χ2v) is 8.86. The molecule has 8 nitrogen and oxygen atoms in total. The number of piperidine rings is 1. The van der Waals surface area contributed by atoms with E-state index in [0.29, 0.717) is 32.0 Å². The molecule has 2 aliphatic heterocycles. The van der Waals surface area contributed by atoms with Crippen molar-refractivity contribution in [3.63, 3.8) is 0 Å². The molecule has 0 bridgehead atoms. The lowest BCUT2D eigenvalue weighted by Crippen LogP contribution is -2.54. The van der Waals surface area contributed by atoms with Crippen LogP contribution in [0.2, 0.25) is 0 Å². The number of ether oxygens (including phenoxy) is 2. The van der Waals surface area contributed by atoms with Crippen molar-refractivity contribution in [3.8, 4) is 0 Å². The van der Waals surface area contributed by atoms with E-state index in [0.717, 1.165) is 12.8 Å². The predicted octanol–water partition coefficient (Wildman–Crippen LogP) is 2.15. The Morgan fingerprint density at radius 2 is 1.86 bits per heavy atom. The van der Waals surface area contributed by atoms with Gasteiger partial charge in [-0.3, -0.25) is 9.48 Å². The minimum Gasteiger partial charge on any atom is -0.444 e. The molecule has 0 radical (unpaired) electrons. The van der Waals surface area contributed by atoms with Gasteiger partial charge in [0.1, 0.15) is 5.60 Å². The summed E-state index contributed by atoms with van der Waals surface area (Å²) < 4.78 is 12.9. The van der Waals surface area contributed by atoms with Crippen LogP contribution in [0.1, 0.15) is 51.5 Å². The van der Waals surface area contributed by atoms with Gasteiger partial charge in [-0.05, 0) is 45.1 Å². The van der Waals surface area contributed by atoms with E-state index in [4.69, 9.17) is 9.47 Å². The minimum atomic E-state index is -0.974. The fourth-order valence-corrected chi connectivity index (χ4v) is 4.05. The molecule has 8 heteroatoms. The summed E-state index contributed by atoms with van der Waals surface area (Å²) in [7, 11) is 3.47. The molecule has 28 heavy (non-hydrogen) atoms. The zero-order valence-corrected chi connectivity index (χ0v) is 17.6. The molecular formula is C20H32N4O4. The number of amides is 2. The fraction of sp³-hybridized carbons (Fsp3) is 0.750. The Bertz CT molecular complexity index is 718. The maximum atomic E-state index is 13.3. The average Bonchev–Trinajstić information content (AvgIpc) is 3.27. The summed E-state index contributed by atoms with van der Waals surface area (Å²) in [6.45, 7) is 7.58. The van der Waals surface area contributed by atoms with Crippen molar-refractivity contribution >= 4 is 12.0 Å². The molecule has 1 atom stereocenters. The number of likely N-dealkylation sites (tertiary alicyclic amines) is 2. The number of hydrogen-bond acceptors (Lipinski definition) is 5. The molecule has 3 heterocycles. The second kappa shape index (κ2) is 7.73. The van der Waals surface area contributed by atoms with Gasteiger partial charge in [0, 0.05) is 46.4 Å². The van der Waals surface area contributed by atoms with Crippen molar-refractivity contribution < 1.29 is 19.1 Å². The highest BCUT2D eigenvalue weighted by atomic mass is 16.6. The van der Waals surface area contributed by atoms with Crippen LogP contribution in [0.4, 0.5) is 4.79 Å². The number of nitrogens with zero attached hydrogens (tertiary/aromatic N) is 4. The van der Waals surface area contributed by atoms with Crippen LogP contribution in [0.3, 0.4) is 0 Å². The Hall–Kier alpha value is -2.09. The fourth-order valence-electron chi connectivity index (χ4n) is 4.05. The smallest absolute Gasteiger partial charge is 0.410 e. The summed E-state index contributed by atoms with van der Waals surface area (Å²) in [5.74, 6) is 0.406. The van der Waals surface area contributed by atoms with Gasteiger partial charge in [0.15, 0.2) is 5.60 Å². The van der Waals surface area contributed by atoms with Gasteiger partial charge in [-0.2, -0.15) is 5.10 Å². The van der Waals surface area contributed by atoms with E-state index in [1.54, 1.807) is 12.0 Å². The Morgan fingerprint density at radius 1 is 1.18 bits per heavy atom. The maximum Gasteiger partial charge on any atom is 0.410 e. The van der Waals surface area contributed by atoms with Crippen molar-refractivity contribution in [1.82, 2.24) is 19.6 Å². The zero-order chi connectivity index (χ0) is 20.5. The van der Waals surface area contributed by atoms with E-state index in [1.807, 2.05) is 43.6 Å². The molecule has 0 N–H and O–H groups in total. The maximum absolute atomic E-state index is 13.3. The second-order valence-electron chi connectivity index (χ2n) is 8.86. The largest absolute Gasteiger partial charge is 0.444 e. The van der Waals surface area contributed by atoms with Crippen molar-refractivity contribution in [2.45, 2.75) is 57.2 Å². The molecule has 2 fully saturated rings. The summed E-state index contributed by atoms with van der Waals surface area (Å²) in [5.41, 5.74) is -0.306. The van der Waals surface area contributed by atoms with E-state index in [-0.39, 0.29) is 12.5 Å². The van der Waals surface area contributed by atoms with Crippen LogP contribution in [-0.2, 0) is 21.3 Å². The first-order valence-electron chi connectivity index (χ1n) is 9.94. The van der Waals surface area contributed by atoms with Gasteiger partial charge in [0.05, 0.1) is 12.7 Å². The molecule has 1 unspecified atom stereocenters. The molecule has 1 aromatic heterocycles. The Kier molecular flexibility index (Phi) is 5.70. The van der Waals surface area contributed by atoms with Crippen LogP contribution in [0.5, 0.6) is 0 Å². The third-order valence-electron chi connectivity index (χ3n) is 5.64. The predicted molar refractivity (Wildman–Crippen MR) is 104 cm³/mol. The van der Waals surface area contributed by atoms with Crippen molar-refractivity contribution in [3.05, 3.63) is 18.0 Å². The van der Waals surface area contributed by atoms with E-state index in [9.17, 15) is 9.59 Å². The number of hydrogen-bond donors (Lipinski definition) is 0. The lowest BCUT2D eigenvalue weighted by molar-refractivity contribution is -0.154. The molecule has 156 valence electrons. The van der Waals surface area contributed by atoms with E-state index in [2.05, 4.69) is 11.3 Å². The molecule has 0 aromatic carbocycles. The van der Waals surface area contributed by atoms with Crippen molar-refractivity contribution in [2.75, 3.05) is 33.3 Å². The standard InChI is InChI=1S/C20H32N4O4/c1-19(2,3)28-18(26)24-11-8-20(14-24,27-5)17(25)23-9-6-15(7-10-23)16-12-21-22(4)13-16/h12-13,15H,6-11,14H2,1-5H3. The summed E-state index contributed by atoms with van der Waals surface area (Å²) in [4.78, 5) is 29.1. The van der Waals surface area contributed by atoms with E-state index in [1.165, 1.54) is 5.56 Å². The first kappa shape index (κ1) is 20.6. The van der Waals surface area contributed by atoms with Gasteiger partial charge >= 0.3 is 6.09 Å². The van der Waals surface area contributed by atoms with Crippen molar-refractivity contribution in [2.24, 2.45) is 7.05 Å². The Morgan fingerprint density at radius 3 is 2.39 bits per heavy atom. The quantitative estimate of drug-likeness (QED) is 0.788. The Labute approximate surface area is 166 Å². The van der Waals surface area contributed by atoms with Gasteiger partial charge in [-0.1, -0.05) is 0 Å². The Balaban J connectivity index is 1.60. The van der Waals surface area contributed by atoms with Crippen LogP contribution >= 0.6 is 0 Å². The highest BCUT2D eigenvalue weighted by Crippen LogP contribution is 2.32. The molecule has 3 rings (SSSR count). The summed E-state index contributed by atoms with van der Waals surface area (Å²) >= 11 is 0. The van der Waals surface area contributed by atoms with Crippen LogP contribution in [-0.4, -0.2) is 76.1 Å². The number of aromatic nitrogens is 2. The number of methoxy groups -OCH3 is 1. The summed E-state index contributed by atoms with van der Waals surface area (Å²) in [5, 5.41) is 4.25. The van der Waals surface area contributed by atoms with Crippen LogP contribution in [0, 0.1) is 0 Å². The number of rotatable bonds is 3. The summed E-state index contributed by atoms with van der Waals surface area (Å²) in [6.07, 6.45) is 5.88. The SMILES string of the molecule is COC1(C(=O)N2CCC(c3cnn(C)c3)CC2)CCN(C(=O)OC(C)(C)C)C1. The third kappa shape index (κ3) is 4.32. The first-order chi connectivity index (χ1) is 13.1. The molecule has 0 saturated carbocycles. The van der Waals surface area contributed by atoms with E-state index >= 15 is 0 Å². The van der Waals surface area contributed by atoms with Gasteiger partial charge in [-0.25, -0.2) is 4.79 Å². The highest BCUT2D eigenvalue weighted by Gasteiger charge is 2.49. The molecular weight excluding hydrogens is 360 g/mol. The lowest BCUT2D eigenvalue weighted by atomic mass is 9.90. The third-order valence-corrected chi connectivity index (χ3v) is 5.64. The molecule has 2 saturated heterocycles. The van der Waals surface area contributed by atoms with Gasteiger partial charge < -0.3 is 19.3 Å². The first-order valence-corrected chi connectivity index (χ1v) is 9.94. The topological polar surface area (TPSA) is 76.9 Å².